The molecule has 0 saturated carbocycles. The lowest BCUT2D eigenvalue weighted by Crippen LogP contribution is -2.04. The largest absolute Gasteiger partial charge is 0.416 e. The van der Waals surface area contributed by atoms with Gasteiger partial charge in [0.15, 0.2) is 5.06 Å². The molecule has 6 heteroatoms. The van der Waals surface area contributed by atoms with Crippen LogP contribution in [0.2, 0.25) is 0 Å². The van der Waals surface area contributed by atoms with Gasteiger partial charge >= 0.3 is 12.1 Å². The highest BCUT2D eigenvalue weighted by Gasteiger charge is 2.31. The summed E-state index contributed by atoms with van der Waals surface area (Å²) in [6, 6.07) is 3.65. The van der Waals surface area contributed by atoms with Crippen molar-refractivity contribution in [2.75, 3.05) is 0 Å². The van der Waals surface area contributed by atoms with Gasteiger partial charge in [-0.05, 0) is 30.4 Å². The Hall–Kier alpha value is -1.56. The molecule has 114 valence electrons. The second-order valence-electron chi connectivity index (χ2n) is 4.77. The molecule has 0 bridgehead atoms. The molecule has 2 nitrogen and oxygen atoms in total. The number of halogens is 3. The highest BCUT2D eigenvalue weighted by atomic mass is 32.1. The number of unbranched alkanes of at least 4 members (excludes halogenated alkanes) is 1. The second-order valence-corrected chi connectivity index (χ2v) is 5.79. The summed E-state index contributed by atoms with van der Waals surface area (Å²) in [5.41, 5.74) is 0.133. The fourth-order valence-electron chi connectivity index (χ4n) is 2.11. The molecule has 2 aromatic rings. The van der Waals surface area contributed by atoms with Crippen LogP contribution >= 0.6 is 11.3 Å². The number of thiophene rings is 1. The number of benzene rings is 1. The van der Waals surface area contributed by atoms with Crippen LogP contribution in [-0.2, 0) is 17.4 Å². The normalized spacial score (nSPS) is 11.9. The third-order valence-corrected chi connectivity index (χ3v) is 4.17. The molecule has 1 aromatic heterocycles. The zero-order valence-electron chi connectivity index (χ0n) is 11.7. The van der Waals surface area contributed by atoms with Crippen molar-refractivity contribution in [2.24, 2.45) is 0 Å². The van der Waals surface area contributed by atoms with E-state index in [4.69, 9.17) is 4.74 Å². The Bertz CT molecular complexity index is 659. The summed E-state index contributed by atoms with van der Waals surface area (Å²) < 4.78 is 43.9. The minimum atomic E-state index is -4.37. The number of ether oxygens (including phenoxy) is 1. The molecule has 0 unspecified atom stereocenters. The molecular weight excluding hydrogens is 301 g/mol. The van der Waals surface area contributed by atoms with Crippen LogP contribution in [0.4, 0.5) is 13.2 Å². The molecule has 0 aliphatic rings. The Kier molecular flexibility index (Phi) is 4.56. The van der Waals surface area contributed by atoms with Crippen LogP contribution in [-0.4, -0.2) is 5.97 Å². The lowest BCUT2D eigenvalue weighted by Gasteiger charge is -2.06. The predicted molar refractivity (Wildman–Crippen MR) is 76.7 cm³/mol. The molecular formula is C15H15F3O2S. The molecule has 2 rings (SSSR count). The average Bonchev–Trinajstić information content (AvgIpc) is 2.70. The maximum absolute atomic E-state index is 12.8. The van der Waals surface area contributed by atoms with Crippen molar-refractivity contribution in [3.05, 3.63) is 29.3 Å². The first kappa shape index (κ1) is 15.8. The van der Waals surface area contributed by atoms with Crippen LogP contribution in [0.25, 0.3) is 10.1 Å². The molecule has 0 N–H and O–H groups in total. The Balaban J connectivity index is 2.52. The van der Waals surface area contributed by atoms with E-state index in [1.807, 2.05) is 6.92 Å². The Morgan fingerprint density at radius 2 is 2.05 bits per heavy atom. The Morgan fingerprint density at radius 1 is 1.33 bits per heavy atom. The summed E-state index contributed by atoms with van der Waals surface area (Å²) in [5, 5.41) is 1.14. The van der Waals surface area contributed by atoms with Gasteiger partial charge in [-0.1, -0.05) is 30.7 Å². The number of carbonyl (C=O) groups excluding carboxylic acids is 1. The number of aryl methyl sites for hydroxylation is 1. The first-order valence-corrected chi connectivity index (χ1v) is 7.45. The van der Waals surface area contributed by atoms with Gasteiger partial charge in [-0.25, -0.2) is 0 Å². The van der Waals surface area contributed by atoms with Crippen molar-refractivity contribution >= 4 is 27.4 Å². The molecule has 1 aromatic carbocycles. The summed E-state index contributed by atoms with van der Waals surface area (Å²) in [4.78, 5) is 11.1. The monoisotopic (exact) mass is 316 g/mol. The van der Waals surface area contributed by atoms with Gasteiger partial charge in [0, 0.05) is 17.2 Å². The molecule has 0 saturated heterocycles. The van der Waals surface area contributed by atoms with Gasteiger partial charge in [0.25, 0.3) is 0 Å². The van der Waals surface area contributed by atoms with Crippen LogP contribution in [0.3, 0.4) is 0 Å². The van der Waals surface area contributed by atoms with Crippen molar-refractivity contribution in [2.45, 2.75) is 39.3 Å². The van der Waals surface area contributed by atoms with E-state index in [2.05, 4.69) is 0 Å². The van der Waals surface area contributed by atoms with Crippen LogP contribution < -0.4 is 4.74 Å². The van der Waals surface area contributed by atoms with E-state index in [-0.39, 0.29) is 0 Å². The zero-order chi connectivity index (χ0) is 15.6. The SMILES string of the molecule is CCCCc1c(OC(C)=O)sc2cc(C(F)(F)F)ccc12. The van der Waals surface area contributed by atoms with Gasteiger partial charge in [-0.15, -0.1) is 0 Å². The minimum Gasteiger partial charge on any atom is -0.415 e. The molecule has 0 amide bonds. The molecule has 21 heavy (non-hydrogen) atoms. The Morgan fingerprint density at radius 3 is 2.62 bits per heavy atom. The number of esters is 1. The summed E-state index contributed by atoms with van der Waals surface area (Å²) in [6.45, 7) is 3.32. The van der Waals surface area contributed by atoms with Crippen molar-refractivity contribution in [1.82, 2.24) is 0 Å². The summed E-state index contributed by atoms with van der Waals surface area (Å²) >= 11 is 1.09. The minimum absolute atomic E-state index is 0.408. The van der Waals surface area contributed by atoms with E-state index >= 15 is 0 Å². The van der Waals surface area contributed by atoms with E-state index in [9.17, 15) is 18.0 Å². The predicted octanol–water partition coefficient (Wildman–Crippen LogP) is 5.19. The van der Waals surface area contributed by atoms with Crippen LogP contribution in [0.1, 0.15) is 37.8 Å². The average molecular weight is 316 g/mol. The maximum Gasteiger partial charge on any atom is 0.416 e. The maximum atomic E-state index is 12.8. The highest BCUT2D eigenvalue weighted by molar-refractivity contribution is 7.21. The van der Waals surface area contributed by atoms with Crippen LogP contribution in [0, 0.1) is 0 Å². The van der Waals surface area contributed by atoms with Crippen LogP contribution in [0.15, 0.2) is 18.2 Å². The highest BCUT2D eigenvalue weighted by Crippen LogP contribution is 2.41. The van der Waals surface area contributed by atoms with Gasteiger partial charge in [-0.2, -0.15) is 13.2 Å². The second kappa shape index (κ2) is 6.05. The van der Waals surface area contributed by atoms with E-state index in [0.29, 0.717) is 16.2 Å². The van der Waals surface area contributed by atoms with Gasteiger partial charge in [-0.3, -0.25) is 4.79 Å². The number of rotatable bonds is 4. The zero-order valence-corrected chi connectivity index (χ0v) is 12.5. The van der Waals surface area contributed by atoms with E-state index < -0.39 is 17.7 Å². The first-order valence-electron chi connectivity index (χ1n) is 6.64. The molecule has 0 fully saturated rings. The third kappa shape index (κ3) is 3.56. The first-order chi connectivity index (χ1) is 9.82. The smallest absolute Gasteiger partial charge is 0.415 e. The number of hydrogen-bond donors (Lipinski definition) is 0. The van der Waals surface area contributed by atoms with E-state index in [1.54, 1.807) is 0 Å². The molecule has 0 aliphatic carbocycles. The third-order valence-electron chi connectivity index (χ3n) is 3.10. The summed E-state index contributed by atoms with van der Waals surface area (Å²) in [6.07, 6.45) is -1.84. The van der Waals surface area contributed by atoms with Crippen molar-refractivity contribution in [3.63, 3.8) is 0 Å². The lowest BCUT2D eigenvalue weighted by molar-refractivity contribution is -0.137. The molecule has 1 heterocycles. The molecule has 0 aliphatic heterocycles. The van der Waals surface area contributed by atoms with Crippen molar-refractivity contribution in [3.8, 4) is 5.06 Å². The number of alkyl halides is 3. The molecule has 0 atom stereocenters. The number of carbonyl (C=O) groups is 1. The fraction of sp³-hybridized carbons (Fsp3) is 0.400. The summed E-state index contributed by atoms with van der Waals surface area (Å²) in [5.74, 6) is -0.463. The standard InChI is InChI=1S/C15H15F3O2S/c1-3-4-5-12-11-7-6-10(15(16,17)18)8-13(11)21-14(12)20-9(2)19/h6-8H,3-5H2,1-2H3. The topological polar surface area (TPSA) is 26.3 Å². The fourth-order valence-corrected chi connectivity index (χ4v) is 3.29. The molecule has 0 radical (unpaired) electrons. The lowest BCUT2D eigenvalue weighted by atomic mass is 10.1. The van der Waals surface area contributed by atoms with E-state index in [1.165, 1.54) is 13.0 Å². The van der Waals surface area contributed by atoms with Gasteiger partial charge < -0.3 is 4.74 Å². The van der Waals surface area contributed by atoms with Crippen LogP contribution in [0.5, 0.6) is 5.06 Å². The van der Waals surface area contributed by atoms with Gasteiger partial charge in [0.1, 0.15) is 0 Å². The van der Waals surface area contributed by atoms with E-state index in [0.717, 1.165) is 47.3 Å². The quantitative estimate of drug-likeness (QED) is 0.726. The Labute approximate surface area is 124 Å². The number of hydrogen-bond acceptors (Lipinski definition) is 3. The van der Waals surface area contributed by atoms with Gasteiger partial charge in [0.2, 0.25) is 0 Å². The van der Waals surface area contributed by atoms with Crippen molar-refractivity contribution in [1.29, 1.82) is 0 Å². The van der Waals surface area contributed by atoms with Crippen molar-refractivity contribution < 1.29 is 22.7 Å². The number of fused-ring (bicyclic) bond motifs is 1. The van der Waals surface area contributed by atoms with Gasteiger partial charge in [0.05, 0.1) is 5.56 Å². The summed E-state index contributed by atoms with van der Waals surface area (Å²) in [7, 11) is 0. The molecule has 0 spiro atoms.